The summed E-state index contributed by atoms with van der Waals surface area (Å²) in [4.78, 5) is 2.36. The van der Waals surface area contributed by atoms with Crippen molar-refractivity contribution in [3.8, 4) is 0 Å². The second-order valence-corrected chi connectivity index (χ2v) is 5.78. The smallest absolute Gasteiger partial charge is 0.0764 e. The molecule has 0 radical (unpaired) electrons. The van der Waals surface area contributed by atoms with Crippen molar-refractivity contribution in [3.63, 3.8) is 0 Å². The van der Waals surface area contributed by atoms with Gasteiger partial charge in [-0.1, -0.05) is 23.7 Å². The number of aliphatic hydroxyl groups excluding tert-OH is 1. The zero-order valence-electron chi connectivity index (χ0n) is 10.0. The lowest BCUT2D eigenvalue weighted by Crippen LogP contribution is -2.48. The molecule has 2 aliphatic rings. The van der Waals surface area contributed by atoms with Gasteiger partial charge in [0.2, 0.25) is 0 Å². The molecule has 0 aliphatic carbocycles. The van der Waals surface area contributed by atoms with E-state index in [0.717, 1.165) is 17.9 Å². The molecule has 2 bridgehead atoms. The van der Waals surface area contributed by atoms with Crippen LogP contribution in [0.5, 0.6) is 0 Å². The molecule has 3 heteroatoms. The number of aliphatic hydroxyl groups is 1. The number of nitrogens with zero attached hydrogens (tertiary/aromatic N) is 1. The molecule has 17 heavy (non-hydrogen) atoms. The van der Waals surface area contributed by atoms with Crippen LogP contribution in [0.1, 0.15) is 30.7 Å². The van der Waals surface area contributed by atoms with Gasteiger partial charge in [-0.05, 0) is 44.0 Å². The summed E-state index contributed by atoms with van der Waals surface area (Å²) in [7, 11) is 2.14. The van der Waals surface area contributed by atoms with Gasteiger partial charge in [0, 0.05) is 23.0 Å². The van der Waals surface area contributed by atoms with E-state index in [2.05, 4.69) is 24.1 Å². The number of halogens is 1. The normalized spacial score (nSPS) is 37.4. The second kappa shape index (κ2) is 4.27. The number of piperidine rings is 1. The minimum Gasteiger partial charge on any atom is -0.391 e. The Morgan fingerprint density at radius 2 is 1.94 bits per heavy atom. The summed E-state index contributed by atoms with van der Waals surface area (Å²) in [6, 6.07) is 8.94. The topological polar surface area (TPSA) is 23.5 Å². The number of hydrogen-bond donors (Lipinski definition) is 1. The van der Waals surface area contributed by atoms with Crippen LogP contribution in [0.3, 0.4) is 0 Å². The fourth-order valence-corrected chi connectivity index (χ4v) is 3.61. The highest BCUT2D eigenvalue weighted by Gasteiger charge is 2.45. The van der Waals surface area contributed by atoms with Gasteiger partial charge in [-0.2, -0.15) is 0 Å². The first-order valence-corrected chi connectivity index (χ1v) is 6.70. The van der Waals surface area contributed by atoms with Gasteiger partial charge < -0.3 is 5.11 Å². The third-order valence-electron chi connectivity index (χ3n) is 4.53. The average molecular weight is 252 g/mol. The largest absolute Gasteiger partial charge is 0.391 e. The van der Waals surface area contributed by atoms with Crippen molar-refractivity contribution in [2.24, 2.45) is 0 Å². The van der Waals surface area contributed by atoms with Crippen LogP contribution in [0.15, 0.2) is 24.3 Å². The third-order valence-corrected chi connectivity index (χ3v) is 4.78. The molecule has 1 aromatic carbocycles. The molecule has 2 saturated heterocycles. The SMILES string of the molecule is CN1C2CC[C@@H]1[C@H](O)[C@H](c1ccc(Cl)cc1)C2. The van der Waals surface area contributed by atoms with Gasteiger partial charge in [0.15, 0.2) is 0 Å². The lowest BCUT2D eigenvalue weighted by atomic mass is 9.83. The zero-order chi connectivity index (χ0) is 12.0. The first kappa shape index (κ1) is 11.5. The molecule has 2 aliphatic heterocycles. The first-order valence-electron chi connectivity index (χ1n) is 6.32. The molecule has 2 fully saturated rings. The van der Waals surface area contributed by atoms with Gasteiger partial charge in [-0.3, -0.25) is 4.90 Å². The van der Waals surface area contributed by atoms with Crippen LogP contribution in [0, 0.1) is 0 Å². The predicted octanol–water partition coefficient (Wildman–Crippen LogP) is 2.65. The van der Waals surface area contributed by atoms with E-state index in [9.17, 15) is 5.11 Å². The quantitative estimate of drug-likeness (QED) is 0.830. The molecule has 92 valence electrons. The number of rotatable bonds is 1. The summed E-state index contributed by atoms with van der Waals surface area (Å²) in [6.07, 6.45) is 3.18. The van der Waals surface area contributed by atoms with Gasteiger partial charge in [-0.25, -0.2) is 0 Å². The lowest BCUT2D eigenvalue weighted by Gasteiger charge is -2.40. The molecule has 4 atom stereocenters. The summed E-state index contributed by atoms with van der Waals surface area (Å²) < 4.78 is 0. The summed E-state index contributed by atoms with van der Waals surface area (Å²) in [6.45, 7) is 0. The fourth-order valence-electron chi connectivity index (χ4n) is 3.48. The maximum Gasteiger partial charge on any atom is 0.0764 e. The predicted molar refractivity (Wildman–Crippen MR) is 69.4 cm³/mol. The van der Waals surface area contributed by atoms with E-state index in [1.807, 2.05) is 12.1 Å². The summed E-state index contributed by atoms with van der Waals surface area (Å²) >= 11 is 5.91. The molecule has 3 rings (SSSR count). The molecule has 1 N–H and O–H groups in total. The average Bonchev–Trinajstić information content (AvgIpc) is 2.58. The van der Waals surface area contributed by atoms with Crippen LogP contribution in [0.25, 0.3) is 0 Å². The lowest BCUT2D eigenvalue weighted by molar-refractivity contribution is 0.0112. The molecule has 2 nitrogen and oxygen atoms in total. The Balaban J connectivity index is 1.87. The monoisotopic (exact) mass is 251 g/mol. The van der Waals surface area contributed by atoms with Crippen LogP contribution in [-0.4, -0.2) is 35.2 Å². The molecular weight excluding hydrogens is 234 g/mol. The van der Waals surface area contributed by atoms with Crippen LogP contribution in [0.4, 0.5) is 0 Å². The van der Waals surface area contributed by atoms with E-state index >= 15 is 0 Å². The van der Waals surface area contributed by atoms with Crippen molar-refractivity contribution in [2.45, 2.75) is 43.4 Å². The summed E-state index contributed by atoms with van der Waals surface area (Å²) in [5.74, 6) is 0.279. The van der Waals surface area contributed by atoms with E-state index in [-0.39, 0.29) is 12.0 Å². The van der Waals surface area contributed by atoms with Crippen molar-refractivity contribution in [2.75, 3.05) is 7.05 Å². The second-order valence-electron chi connectivity index (χ2n) is 5.35. The highest BCUT2D eigenvalue weighted by molar-refractivity contribution is 6.30. The third kappa shape index (κ3) is 1.88. The Kier molecular flexibility index (Phi) is 2.89. The minimum atomic E-state index is -0.236. The Morgan fingerprint density at radius 1 is 1.24 bits per heavy atom. The van der Waals surface area contributed by atoms with Crippen molar-refractivity contribution < 1.29 is 5.11 Å². The van der Waals surface area contributed by atoms with Crippen LogP contribution in [0.2, 0.25) is 5.02 Å². The summed E-state index contributed by atoms with van der Waals surface area (Å²) in [5.41, 5.74) is 1.23. The van der Waals surface area contributed by atoms with Gasteiger partial charge in [-0.15, -0.1) is 0 Å². The maximum absolute atomic E-state index is 10.5. The molecule has 2 heterocycles. The van der Waals surface area contributed by atoms with E-state index < -0.39 is 0 Å². The zero-order valence-corrected chi connectivity index (χ0v) is 10.8. The first-order chi connectivity index (χ1) is 8.16. The molecule has 0 aromatic heterocycles. The van der Waals surface area contributed by atoms with Crippen molar-refractivity contribution in [1.82, 2.24) is 4.90 Å². The van der Waals surface area contributed by atoms with Crippen molar-refractivity contribution in [3.05, 3.63) is 34.9 Å². The van der Waals surface area contributed by atoms with E-state index in [1.54, 1.807) is 0 Å². The van der Waals surface area contributed by atoms with Crippen LogP contribution < -0.4 is 0 Å². The molecule has 0 saturated carbocycles. The minimum absolute atomic E-state index is 0.236. The van der Waals surface area contributed by atoms with Gasteiger partial charge in [0.1, 0.15) is 0 Å². The Bertz CT molecular complexity index is 405. The van der Waals surface area contributed by atoms with E-state index in [4.69, 9.17) is 11.6 Å². The number of hydrogen-bond acceptors (Lipinski definition) is 2. The van der Waals surface area contributed by atoms with Gasteiger partial charge in [0.25, 0.3) is 0 Å². The molecule has 1 aromatic rings. The standard InChI is InChI=1S/C14H18ClNO/c1-16-11-6-7-13(16)14(17)12(8-11)9-2-4-10(15)5-3-9/h2-5,11-14,17H,6-8H2,1H3/t11?,12-,13+,14+/m0/s1. The van der Waals surface area contributed by atoms with Crippen LogP contribution in [-0.2, 0) is 0 Å². The molecule has 0 amide bonds. The van der Waals surface area contributed by atoms with E-state index in [0.29, 0.717) is 12.1 Å². The Labute approximate surface area is 107 Å². The highest BCUT2D eigenvalue weighted by Crippen LogP contribution is 2.42. The van der Waals surface area contributed by atoms with E-state index in [1.165, 1.54) is 12.0 Å². The van der Waals surface area contributed by atoms with Crippen molar-refractivity contribution in [1.29, 1.82) is 0 Å². The molecular formula is C14H18ClNO. The highest BCUT2D eigenvalue weighted by atomic mass is 35.5. The Morgan fingerprint density at radius 3 is 2.65 bits per heavy atom. The number of likely N-dealkylation sites (N-methyl/N-ethyl adjacent to an activating group) is 1. The number of fused-ring (bicyclic) bond motifs is 2. The van der Waals surface area contributed by atoms with Gasteiger partial charge >= 0.3 is 0 Å². The Hall–Kier alpha value is -0.570. The molecule has 0 spiro atoms. The molecule has 1 unspecified atom stereocenters. The van der Waals surface area contributed by atoms with Crippen LogP contribution >= 0.6 is 11.6 Å². The van der Waals surface area contributed by atoms with Crippen molar-refractivity contribution >= 4 is 11.6 Å². The maximum atomic E-state index is 10.5. The number of benzene rings is 1. The van der Waals surface area contributed by atoms with Gasteiger partial charge in [0.05, 0.1) is 6.10 Å². The fraction of sp³-hybridized carbons (Fsp3) is 0.571. The summed E-state index contributed by atoms with van der Waals surface area (Å²) in [5, 5.41) is 11.2.